The van der Waals surface area contributed by atoms with E-state index >= 15 is 0 Å². The van der Waals surface area contributed by atoms with Gasteiger partial charge >= 0.3 is 0 Å². The van der Waals surface area contributed by atoms with Crippen LogP contribution in [0, 0.1) is 0 Å². The molecule has 0 aliphatic carbocycles. The van der Waals surface area contributed by atoms with E-state index in [2.05, 4.69) is 169 Å². The van der Waals surface area contributed by atoms with Crippen LogP contribution in [0.2, 0.25) is 0 Å². The highest BCUT2D eigenvalue weighted by atomic mass is 32.1. The summed E-state index contributed by atoms with van der Waals surface area (Å²) < 4.78 is 9.02. The van der Waals surface area contributed by atoms with Gasteiger partial charge in [0.1, 0.15) is 11.2 Å². The molecule has 0 spiro atoms. The normalized spacial score (nSPS) is 11.7. The van der Waals surface area contributed by atoms with Crippen molar-refractivity contribution in [2.45, 2.75) is 0 Å². The molecule has 3 heteroatoms. The van der Waals surface area contributed by atoms with Gasteiger partial charge in [0, 0.05) is 54.1 Å². The van der Waals surface area contributed by atoms with Gasteiger partial charge < -0.3 is 9.32 Å². The lowest BCUT2D eigenvalue weighted by Gasteiger charge is -2.26. The molecule has 0 radical (unpaired) electrons. The minimum Gasteiger partial charge on any atom is -0.456 e. The molecule has 10 rings (SSSR count). The molecule has 0 unspecified atom stereocenters. The number of furan rings is 1. The van der Waals surface area contributed by atoms with Crippen LogP contribution in [0.1, 0.15) is 0 Å². The molecule has 230 valence electrons. The van der Waals surface area contributed by atoms with E-state index in [1.807, 2.05) is 23.5 Å². The smallest absolute Gasteiger partial charge is 0.137 e. The number of para-hydroxylation sites is 1. The number of hydrogen-bond donors (Lipinski definition) is 0. The molecule has 0 aliphatic heterocycles. The standard InChI is InChI=1S/C46H29NOS/c1-2-16-37-30(10-1)11-9-19-38(37)33-13-8-15-35(27-33)47(36-23-25-40-39-17-3-5-20-43(39)48-44(40)29-36)34-14-7-12-31(26-34)32-22-24-42-41-18-4-6-21-45(41)49-46(42)28-32/h1-29H. The molecule has 49 heavy (non-hydrogen) atoms. The number of hydrogen-bond acceptors (Lipinski definition) is 3. The maximum Gasteiger partial charge on any atom is 0.137 e. The van der Waals surface area contributed by atoms with Crippen molar-refractivity contribution in [1.82, 2.24) is 0 Å². The maximum atomic E-state index is 6.39. The fraction of sp³-hybridized carbons (Fsp3) is 0. The van der Waals surface area contributed by atoms with Crippen molar-refractivity contribution in [1.29, 1.82) is 0 Å². The minimum absolute atomic E-state index is 0.875. The zero-order valence-electron chi connectivity index (χ0n) is 26.5. The summed E-state index contributed by atoms with van der Waals surface area (Å²) in [6, 6.07) is 63.3. The van der Waals surface area contributed by atoms with Crippen molar-refractivity contribution >= 4 is 81.3 Å². The van der Waals surface area contributed by atoms with Gasteiger partial charge in [-0.25, -0.2) is 0 Å². The largest absolute Gasteiger partial charge is 0.456 e. The van der Waals surface area contributed by atoms with Crippen LogP contribution in [-0.2, 0) is 0 Å². The summed E-state index contributed by atoms with van der Waals surface area (Å²) in [7, 11) is 0. The summed E-state index contributed by atoms with van der Waals surface area (Å²) in [6.07, 6.45) is 0. The lowest BCUT2D eigenvalue weighted by molar-refractivity contribution is 0.669. The molecule has 8 aromatic carbocycles. The van der Waals surface area contributed by atoms with Gasteiger partial charge in [-0.3, -0.25) is 0 Å². The Hall–Kier alpha value is -6.16. The van der Waals surface area contributed by atoms with E-state index in [4.69, 9.17) is 4.42 Å². The van der Waals surface area contributed by atoms with Crippen LogP contribution in [0.5, 0.6) is 0 Å². The Labute approximate surface area is 287 Å². The summed E-state index contributed by atoms with van der Waals surface area (Å²) in [6.45, 7) is 0. The first-order valence-corrected chi connectivity index (χ1v) is 17.4. The summed E-state index contributed by atoms with van der Waals surface area (Å²) in [5, 5.41) is 7.37. The Morgan fingerprint density at radius 2 is 0.980 bits per heavy atom. The van der Waals surface area contributed by atoms with Gasteiger partial charge in [-0.05, 0) is 87.6 Å². The minimum atomic E-state index is 0.875. The molecule has 2 aromatic heterocycles. The highest BCUT2D eigenvalue weighted by Gasteiger charge is 2.18. The van der Waals surface area contributed by atoms with E-state index in [9.17, 15) is 0 Å². The van der Waals surface area contributed by atoms with Crippen molar-refractivity contribution in [3.63, 3.8) is 0 Å². The van der Waals surface area contributed by atoms with Gasteiger partial charge in [-0.15, -0.1) is 11.3 Å². The molecule has 0 fully saturated rings. The number of anilines is 3. The van der Waals surface area contributed by atoms with Gasteiger partial charge in [0.05, 0.1) is 0 Å². The average molecular weight is 644 g/mol. The molecule has 0 N–H and O–H groups in total. The lowest BCUT2D eigenvalue weighted by Crippen LogP contribution is -2.10. The Kier molecular flexibility index (Phi) is 6.39. The van der Waals surface area contributed by atoms with Crippen LogP contribution in [0.15, 0.2) is 180 Å². The number of rotatable bonds is 5. The molecular formula is C46H29NOS. The maximum absolute atomic E-state index is 6.39. The zero-order valence-corrected chi connectivity index (χ0v) is 27.3. The second kappa shape index (κ2) is 11.2. The molecule has 2 heterocycles. The summed E-state index contributed by atoms with van der Waals surface area (Å²) in [5.41, 5.74) is 9.76. The van der Waals surface area contributed by atoms with Crippen molar-refractivity contribution in [2.75, 3.05) is 4.90 Å². The van der Waals surface area contributed by atoms with Gasteiger partial charge in [0.15, 0.2) is 0 Å². The van der Waals surface area contributed by atoms with Crippen molar-refractivity contribution in [3.8, 4) is 22.3 Å². The van der Waals surface area contributed by atoms with Crippen molar-refractivity contribution in [3.05, 3.63) is 176 Å². The van der Waals surface area contributed by atoms with E-state index in [1.54, 1.807) is 0 Å². The lowest BCUT2D eigenvalue weighted by atomic mass is 9.97. The quantitative estimate of drug-likeness (QED) is 0.186. The molecular weight excluding hydrogens is 615 g/mol. The fourth-order valence-electron chi connectivity index (χ4n) is 7.32. The number of thiophene rings is 1. The third-order valence-corrected chi connectivity index (χ3v) is 10.8. The first kappa shape index (κ1) is 27.9. The predicted octanol–water partition coefficient (Wildman–Crippen LogP) is 13.9. The van der Waals surface area contributed by atoms with E-state index < -0.39 is 0 Å². The van der Waals surface area contributed by atoms with Crippen LogP contribution in [0.3, 0.4) is 0 Å². The predicted molar refractivity (Wildman–Crippen MR) is 210 cm³/mol. The third kappa shape index (κ3) is 4.70. The van der Waals surface area contributed by atoms with Crippen LogP contribution < -0.4 is 4.90 Å². The summed E-state index contributed by atoms with van der Waals surface area (Å²) >= 11 is 1.86. The monoisotopic (exact) mass is 643 g/mol. The second-order valence-corrected chi connectivity index (χ2v) is 13.6. The van der Waals surface area contributed by atoms with Gasteiger partial charge in [0.2, 0.25) is 0 Å². The summed E-state index contributed by atoms with van der Waals surface area (Å²) in [4.78, 5) is 2.35. The molecule has 0 atom stereocenters. The van der Waals surface area contributed by atoms with E-state index in [-0.39, 0.29) is 0 Å². The number of fused-ring (bicyclic) bond motifs is 7. The van der Waals surface area contributed by atoms with Crippen molar-refractivity contribution < 1.29 is 4.42 Å². The van der Waals surface area contributed by atoms with Crippen molar-refractivity contribution in [2.24, 2.45) is 0 Å². The van der Waals surface area contributed by atoms with Gasteiger partial charge in [0.25, 0.3) is 0 Å². The molecule has 2 nitrogen and oxygen atoms in total. The molecule has 0 aliphatic rings. The number of nitrogens with zero attached hydrogens (tertiary/aromatic N) is 1. The van der Waals surface area contributed by atoms with Gasteiger partial charge in [-0.2, -0.15) is 0 Å². The summed E-state index contributed by atoms with van der Waals surface area (Å²) in [5.74, 6) is 0. The molecule has 0 saturated heterocycles. The van der Waals surface area contributed by atoms with E-state index in [0.29, 0.717) is 0 Å². The zero-order chi connectivity index (χ0) is 32.3. The first-order chi connectivity index (χ1) is 24.3. The van der Waals surface area contributed by atoms with E-state index in [1.165, 1.54) is 53.2 Å². The van der Waals surface area contributed by atoms with Gasteiger partial charge in [-0.1, -0.05) is 115 Å². The molecule has 0 amide bonds. The molecule has 10 aromatic rings. The fourth-order valence-corrected chi connectivity index (χ4v) is 8.47. The highest BCUT2D eigenvalue weighted by Crippen LogP contribution is 2.42. The Bertz CT molecular complexity index is 2850. The Morgan fingerprint density at radius 3 is 1.88 bits per heavy atom. The molecule has 0 bridgehead atoms. The van der Waals surface area contributed by atoms with Crippen LogP contribution >= 0.6 is 11.3 Å². The second-order valence-electron chi connectivity index (χ2n) is 12.6. The average Bonchev–Trinajstić information content (AvgIpc) is 3.72. The van der Waals surface area contributed by atoms with Crippen LogP contribution in [0.4, 0.5) is 17.1 Å². The van der Waals surface area contributed by atoms with Crippen LogP contribution in [0.25, 0.3) is 75.1 Å². The third-order valence-electron chi connectivity index (χ3n) is 9.64. The first-order valence-electron chi connectivity index (χ1n) is 16.6. The SMILES string of the molecule is c1cc(-c2ccc3c(c2)sc2ccccc23)cc(N(c2cccc(-c3cccc4ccccc34)c2)c2ccc3c(c2)oc2ccccc23)c1. The topological polar surface area (TPSA) is 16.4 Å². The van der Waals surface area contributed by atoms with Crippen LogP contribution in [-0.4, -0.2) is 0 Å². The Balaban J connectivity index is 1.15. The Morgan fingerprint density at radius 1 is 0.367 bits per heavy atom. The molecule has 0 saturated carbocycles. The number of benzene rings is 8. The highest BCUT2D eigenvalue weighted by molar-refractivity contribution is 7.25. The van der Waals surface area contributed by atoms with E-state index in [0.717, 1.165) is 39.0 Å².